The van der Waals surface area contributed by atoms with Crippen molar-refractivity contribution in [3.63, 3.8) is 0 Å². The Hall–Kier alpha value is -3.00. The van der Waals surface area contributed by atoms with Gasteiger partial charge in [0, 0.05) is 0 Å². The molecule has 0 amide bonds. The van der Waals surface area contributed by atoms with E-state index in [1.165, 1.54) is 0 Å². The van der Waals surface area contributed by atoms with Crippen LogP contribution >= 0.6 is 0 Å². The van der Waals surface area contributed by atoms with Crippen molar-refractivity contribution in [2.24, 2.45) is 5.41 Å². The van der Waals surface area contributed by atoms with Crippen molar-refractivity contribution in [3.8, 4) is 11.3 Å². The molecule has 0 radical (unpaired) electrons. The van der Waals surface area contributed by atoms with Gasteiger partial charge in [-0.15, -0.1) is 0 Å². The Morgan fingerprint density at radius 2 is 1.76 bits per heavy atom. The van der Waals surface area contributed by atoms with E-state index in [9.17, 15) is 29.9 Å². The number of carboxylic acid groups (broad SMARTS) is 1. The molecule has 8 heteroatoms. The number of nitrogens with zero attached hydrogens (tertiary/aromatic N) is 2. The van der Waals surface area contributed by atoms with Gasteiger partial charge in [-0.25, -0.2) is 4.79 Å². The van der Waals surface area contributed by atoms with Gasteiger partial charge in [0.1, 0.15) is 6.04 Å². The molecular weight excluding hydrogens is 376 g/mol. The normalized spacial score (nSPS) is 12.6. The molecule has 1 atom stereocenters. The molecule has 0 aliphatic heterocycles. The van der Waals surface area contributed by atoms with E-state index in [0.29, 0.717) is 11.1 Å². The molecule has 29 heavy (non-hydrogen) atoms. The number of aliphatic carboxylic acids is 1. The Morgan fingerprint density at radius 3 is 2.17 bits per heavy atom. The molecule has 0 aliphatic rings. The van der Waals surface area contributed by atoms with E-state index in [-0.39, 0.29) is 17.7 Å². The van der Waals surface area contributed by atoms with Crippen molar-refractivity contribution >= 4 is 11.7 Å². The first kappa shape index (κ1) is 22.3. The maximum atomic E-state index is 13.2. The number of aryl methyl sites for hydroxylation is 1. The Bertz CT molecular complexity index is 1000. The number of aromatic nitrogens is 1. The molecule has 1 aromatic carbocycles. The molecule has 1 aromatic heterocycles. The van der Waals surface area contributed by atoms with Gasteiger partial charge in [-0.05, 0) is 36.8 Å². The average Bonchev–Trinajstić information content (AvgIpc) is 2.60. The third-order valence-electron chi connectivity index (χ3n) is 4.82. The second-order valence-electron chi connectivity index (χ2n) is 8.38. The van der Waals surface area contributed by atoms with Gasteiger partial charge in [0.25, 0.3) is 0 Å². The highest BCUT2D eigenvalue weighted by atomic mass is 16.6. The zero-order valence-electron chi connectivity index (χ0n) is 17.2. The fraction of sp³-hybridized carbons (Fsp3) is 0.429. The number of hydrogen-bond acceptors (Lipinski definition) is 5. The Morgan fingerprint density at radius 1 is 1.21 bits per heavy atom. The summed E-state index contributed by atoms with van der Waals surface area (Å²) < 4.78 is 1.00. The molecule has 156 valence electrons. The van der Waals surface area contributed by atoms with Crippen molar-refractivity contribution in [1.82, 2.24) is 4.57 Å². The topological polar surface area (TPSA) is 123 Å². The van der Waals surface area contributed by atoms with Crippen molar-refractivity contribution in [3.05, 3.63) is 61.4 Å². The molecule has 2 N–H and O–H groups in total. The van der Waals surface area contributed by atoms with Gasteiger partial charge >= 0.3 is 17.2 Å². The summed E-state index contributed by atoms with van der Waals surface area (Å²) >= 11 is 0. The van der Waals surface area contributed by atoms with Gasteiger partial charge in [-0.3, -0.25) is 19.5 Å². The smallest absolute Gasteiger partial charge is 0.339 e. The molecule has 8 nitrogen and oxygen atoms in total. The molecular formula is C21H26N2O6. The van der Waals surface area contributed by atoms with Crippen LogP contribution in [0.4, 0.5) is 5.69 Å². The van der Waals surface area contributed by atoms with Gasteiger partial charge in [-0.1, -0.05) is 50.6 Å². The molecule has 1 unspecified atom stereocenters. The molecule has 2 aromatic rings. The predicted molar refractivity (Wildman–Crippen MR) is 109 cm³/mol. The minimum atomic E-state index is -1.30. The van der Waals surface area contributed by atoms with Crippen LogP contribution in [0.15, 0.2) is 29.1 Å². The van der Waals surface area contributed by atoms with E-state index < -0.39 is 40.2 Å². The van der Waals surface area contributed by atoms with Gasteiger partial charge in [0.15, 0.2) is 0 Å². The van der Waals surface area contributed by atoms with Gasteiger partial charge in [-0.2, -0.15) is 0 Å². The van der Waals surface area contributed by atoms with Gasteiger partial charge < -0.3 is 10.2 Å². The molecule has 0 saturated carbocycles. The Labute approximate surface area is 168 Å². The molecule has 0 spiro atoms. The lowest BCUT2D eigenvalue weighted by Crippen LogP contribution is -2.36. The first-order valence-electron chi connectivity index (χ1n) is 9.22. The number of hydrogen-bond donors (Lipinski definition) is 2. The second-order valence-corrected chi connectivity index (χ2v) is 8.38. The van der Waals surface area contributed by atoms with Gasteiger partial charge in [0.05, 0.1) is 22.8 Å². The lowest BCUT2D eigenvalue weighted by Gasteiger charge is -2.28. The zero-order chi connectivity index (χ0) is 22.1. The van der Waals surface area contributed by atoms with E-state index in [2.05, 4.69) is 0 Å². The number of benzene rings is 1. The fourth-order valence-electron chi connectivity index (χ4n) is 3.46. The lowest BCUT2D eigenvalue weighted by atomic mass is 9.87. The molecule has 0 fully saturated rings. The van der Waals surface area contributed by atoms with Crippen LogP contribution in [0, 0.1) is 29.4 Å². The van der Waals surface area contributed by atoms with E-state index in [0.717, 1.165) is 10.1 Å². The molecule has 0 saturated heterocycles. The maximum absolute atomic E-state index is 13.2. The van der Waals surface area contributed by atoms with Crippen LogP contribution in [0.3, 0.4) is 0 Å². The largest absolute Gasteiger partial charge is 0.480 e. The van der Waals surface area contributed by atoms with E-state index in [1.54, 1.807) is 19.1 Å². The highest BCUT2D eigenvalue weighted by Gasteiger charge is 2.35. The van der Waals surface area contributed by atoms with Crippen molar-refractivity contribution in [1.29, 1.82) is 0 Å². The number of aliphatic hydroxyl groups excluding tert-OH is 1. The number of nitro groups is 1. The van der Waals surface area contributed by atoms with Crippen molar-refractivity contribution in [2.75, 3.05) is 0 Å². The summed E-state index contributed by atoms with van der Waals surface area (Å²) in [6.45, 7) is 8.25. The quantitative estimate of drug-likeness (QED) is 0.562. The molecule has 0 aliphatic carbocycles. The summed E-state index contributed by atoms with van der Waals surface area (Å²) in [5.41, 5.74) is -0.288. The number of carboxylic acids is 1. The van der Waals surface area contributed by atoms with E-state index in [1.807, 2.05) is 39.8 Å². The van der Waals surface area contributed by atoms with Crippen LogP contribution in [-0.2, 0) is 11.4 Å². The van der Waals surface area contributed by atoms with Crippen LogP contribution < -0.4 is 5.56 Å². The summed E-state index contributed by atoms with van der Waals surface area (Å²) in [5.74, 6) is -1.25. The van der Waals surface area contributed by atoms with Crippen molar-refractivity contribution < 1.29 is 19.9 Å². The van der Waals surface area contributed by atoms with E-state index in [4.69, 9.17) is 0 Å². The molecule has 1 heterocycles. The summed E-state index contributed by atoms with van der Waals surface area (Å²) in [6.07, 6.45) is 0.0934. The summed E-state index contributed by atoms with van der Waals surface area (Å²) in [7, 11) is 0. The van der Waals surface area contributed by atoms with Crippen LogP contribution in [0.5, 0.6) is 0 Å². The van der Waals surface area contributed by atoms with Crippen LogP contribution in [0.25, 0.3) is 11.3 Å². The first-order chi connectivity index (χ1) is 13.4. The summed E-state index contributed by atoms with van der Waals surface area (Å²) in [6, 6.07) is 5.78. The SMILES string of the molecule is Cc1ccc(-c2c(C)c(CO)c([N+](=O)[O-])c(=O)n2C(CC(C)(C)C)C(=O)O)cc1. The standard InChI is InChI=1S/C21H26N2O6/c1-12-6-8-14(9-7-12)17-13(2)15(11-24)18(23(28)29)19(25)22(17)16(20(26)27)10-21(3,4)5/h6-9,16,24H,10-11H2,1-5H3,(H,26,27). The zero-order valence-corrected chi connectivity index (χ0v) is 17.2. The van der Waals surface area contributed by atoms with Crippen LogP contribution in [0.2, 0.25) is 0 Å². The first-order valence-corrected chi connectivity index (χ1v) is 9.22. The minimum absolute atomic E-state index is 0.0934. The minimum Gasteiger partial charge on any atom is -0.480 e. The fourth-order valence-corrected chi connectivity index (χ4v) is 3.46. The lowest BCUT2D eigenvalue weighted by molar-refractivity contribution is -0.387. The third-order valence-corrected chi connectivity index (χ3v) is 4.82. The highest BCUT2D eigenvalue weighted by molar-refractivity contribution is 5.76. The third kappa shape index (κ3) is 4.54. The van der Waals surface area contributed by atoms with Gasteiger partial charge in [0.2, 0.25) is 0 Å². The maximum Gasteiger partial charge on any atom is 0.339 e. The predicted octanol–water partition coefficient (Wildman–Crippen LogP) is 3.59. The summed E-state index contributed by atoms with van der Waals surface area (Å²) in [5, 5.41) is 31.3. The van der Waals surface area contributed by atoms with Crippen molar-refractivity contribution in [2.45, 2.75) is 53.7 Å². The van der Waals surface area contributed by atoms with E-state index >= 15 is 0 Å². The molecule has 0 bridgehead atoms. The summed E-state index contributed by atoms with van der Waals surface area (Å²) in [4.78, 5) is 36.1. The number of carbonyl (C=O) groups is 1. The van der Waals surface area contributed by atoms with Crippen LogP contribution in [0.1, 0.15) is 49.9 Å². The monoisotopic (exact) mass is 402 g/mol. The Kier molecular flexibility index (Phi) is 6.27. The second kappa shape index (κ2) is 8.16. The average molecular weight is 402 g/mol. The number of rotatable bonds is 6. The molecule has 2 rings (SSSR count). The Balaban J connectivity index is 3.02. The van der Waals surface area contributed by atoms with Crippen LogP contribution in [-0.4, -0.2) is 25.7 Å². The number of pyridine rings is 1. The highest BCUT2D eigenvalue weighted by Crippen LogP contribution is 2.35. The number of aliphatic hydroxyl groups is 1.